The van der Waals surface area contributed by atoms with Gasteiger partial charge in [0.1, 0.15) is 22.9 Å². The molecule has 4 aromatic rings. The molecule has 0 bridgehead atoms. The Morgan fingerprint density at radius 2 is 1.71 bits per heavy atom. The van der Waals surface area contributed by atoms with E-state index in [4.69, 9.17) is 18.6 Å². The molecule has 0 aliphatic rings. The molecule has 4 rings (SSSR count). The summed E-state index contributed by atoms with van der Waals surface area (Å²) in [6.07, 6.45) is 4.49. The number of sulfonamides is 1. The van der Waals surface area contributed by atoms with Crippen LogP contribution >= 0.6 is 0 Å². The molecule has 0 saturated heterocycles. The third-order valence-corrected chi connectivity index (χ3v) is 6.90. The monoisotopic (exact) mass is 500 g/mol. The fraction of sp³-hybridized carbons (Fsp3) is 0.273. The first-order valence-corrected chi connectivity index (χ1v) is 12.0. The number of anilines is 1. The van der Waals surface area contributed by atoms with Gasteiger partial charge in [-0.15, -0.1) is 10.2 Å². The van der Waals surface area contributed by atoms with Crippen LogP contribution in [0, 0.1) is 0 Å². The number of hydrogen-bond donors (Lipinski definition) is 1. The average Bonchev–Trinajstić information content (AvgIpc) is 3.53. The van der Waals surface area contributed by atoms with Gasteiger partial charge in [-0.05, 0) is 31.2 Å². The average molecular weight is 501 g/mol. The second-order valence-electron chi connectivity index (χ2n) is 7.35. The number of benzene rings is 1. The van der Waals surface area contributed by atoms with Gasteiger partial charge in [0.25, 0.3) is 0 Å². The molecule has 3 aromatic heterocycles. The van der Waals surface area contributed by atoms with Crippen molar-refractivity contribution in [3.05, 3.63) is 54.7 Å². The van der Waals surface area contributed by atoms with E-state index in [0.717, 1.165) is 0 Å². The zero-order valence-corrected chi connectivity index (χ0v) is 20.3. The molecule has 1 aromatic carbocycles. The molecule has 0 aliphatic heterocycles. The Balaban J connectivity index is 1.78. The molecule has 0 saturated carbocycles. The van der Waals surface area contributed by atoms with Gasteiger partial charge in [-0.2, -0.15) is 0 Å². The van der Waals surface area contributed by atoms with E-state index in [0.29, 0.717) is 28.6 Å². The number of nitrogens with one attached hydrogen (secondary N) is 1. The highest BCUT2D eigenvalue weighted by atomic mass is 32.2. The molecule has 184 valence electrons. The standard InChI is InChI=1S/C22H24N6O6S/c1-14(13-15-21(33-4)24-11-10-23-15)35(29,30)27-22-26-25-20(18-9-6-12-34-18)28(22)19-16(31-2)7-5-8-17(19)32-3/h5-12,14H,13H2,1-4H3,(H,26,27)/t14-/m1/s1. The summed E-state index contributed by atoms with van der Waals surface area (Å²) < 4.78 is 52.4. The predicted octanol–water partition coefficient (Wildman–Crippen LogP) is 2.72. The summed E-state index contributed by atoms with van der Waals surface area (Å²) in [5, 5.41) is 7.37. The molecule has 0 aliphatic carbocycles. The summed E-state index contributed by atoms with van der Waals surface area (Å²) in [6, 6.07) is 8.55. The van der Waals surface area contributed by atoms with Crippen LogP contribution in [0.25, 0.3) is 17.3 Å². The maximum atomic E-state index is 13.3. The van der Waals surface area contributed by atoms with Crippen molar-refractivity contribution < 1.29 is 27.0 Å². The first-order valence-electron chi connectivity index (χ1n) is 10.5. The van der Waals surface area contributed by atoms with Crippen LogP contribution in [0.5, 0.6) is 17.4 Å². The van der Waals surface area contributed by atoms with E-state index in [2.05, 4.69) is 24.9 Å². The van der Waals surface area contributed by atoms with Crippen LogP contribution in [-0.2, 0) is 16.4 Å². The Hall–Kier alpha value is -4.13. The van der Waals surface area contributed by atoms with E-state index in [1.165, 1.54) is 44.6 Å². The van der Waals surface area contributed by atoms with Crippen molar-refractivity contribution in [3.63, 3.8) is 0 Å². The molecule has 0 fully saturated rings. The van der Waals surface area contributed by atoms with Crippen LogP contribution in [0.3, 0.4) is 0 Å². The van der Waals surface area contributed by atoms with Gasteiger partial charge in [-0.3, -0.25) is 14.3 Å². The number of hydrogen-bond acceptors (Lipinski definition) is 10. The molecule has 13 heteroatoms. The first kappa shape index (κ1) is 24.0. The van der Waals surface area contributed by atoms with Gasteiger partial charge in [0.05, 0.1) is 32.8 Å². The summed E-state index contributed by atoms with van der Waals surface area (Å²) >= 11 is 0. The van der Waals surface area contributed by atoms with Crippen LogP contribution in [0.4, 0.5) is 5.95 Å². The Bertz CT molecular complexity index is 1380. The quantitative estimate of drug-likeness (QED) is 0.345. The second kappa shape index (κ2) is 10.0. The lowest BCUT2D eigenvalue weighted by atomic mass is 10.2. The van der Waals surface area contributed by atoms with Gasteiger partial charge in [0.2, 0.25) is 27.7 Å². The number of furan rings is 1. The number of para-hydroxylation sites is 1. The van der Waals surface area contributed by atoms with Crippen molar-refractivity contribution in [2.24, 2.45) is 0 Å². The molecular formula is C22H24N6O6S. The van der Waals surface area contributed by atoms with Gasteiger partial charge >= 0.3 is 0 Å². The first-order chi connectivity index (χ1) is 16.9. The molecule has 1 atom stereocenters. The summed E-state index contributed by atoms with van der Waals surface area (Å²) in [5.41, 5.74) is 0.812. The van der Waals surface area contributed by atoms with E-state index >= 15 is 0 Å². The van der Waals surface area contributed by atoms with Crippen molar-refractivity contribution in [1.29, 1.82) is 0 Å². The van der Waals surface area contributed by atoms with E-state index in [1.807, 2.05) is 0 Å². The van der Waals surface area contributed by atoms with Crippen LogP contribution < -0.4 is 18.9 Å². The fourth-order valence-electron chi connectivity index (χ4n) is 3.45. The van der Waals surface area contributed by atoms with Crippen molar-refractivity contribution >= 4 is 16.0 Å². The summed E-state index contributed by atoms with van der Waals surface area (Å²) in [4.78, 5) is 8.28. The van der Waals surface area contributed by atoms with E-state index in [9.17, 15) is 8.42 Å². The highest BCUT2D eigenvalue weighted by Gasteiger charge is 2.29. The molecule has 1 N–H and O–H groups in total. The van der Waals surface area contributed by atoms with Crippen molar-refractivity contribution in [2.45, 2.75) is 18.6 Å². The van der Waals surface area contributed by atoms with Gasteiger partial charge in [-0.25, -0.2) is 13.4 Å². The molecule has 0 spiro atoms. The van der Waals surface area contributed by atoms with Gasteiger partial charge in [-0.1, -0.05) is 6.07 Å². The van der Waals surface area contributed by atoms with Crippen LogP contribution in [0.1, 0.15) is 12.6 Å². The number of rotatable bonds is 10. The molecule has 35 heavy (non-hydrogen) atoms. The van der Waals surface area contributed by atoms with Crippen molar-refractivity contribution in [3.8, 4) is 34.7 Å². The predicted molar refractivity (Wildman–Crippen MR) is 126 cm³/mol. The molecule has 12 nitrogen and oxygen atoms in total. The molecular weight excluding hydrogens is 476 g/mol. The Morgan fingerprint density at radius 1 is 1.00 bits per heavy atom. The SMILES string of the molecule is COc1cccc(OC)c1-n1c(NS(=O)(=O)[C@H](C)Cc2nccnc2OC)nnc1-c1ccco1. The summed E-state index contributed by atoms with van der Waals surface area (Å²) in [7, 11) is 0.469. The zero-order valence-electron chi connectivity index (χ0n) is 19.5. The van der Waals surface area contributed by atoms with Gasteiger partial charge in [0.15, 0.2) is 5.76 Å². The van der Waals surface area contributed by atoms with Gasteiger partial charge in [0, 0.05) is 18.8 Å². The zero-order chi connectivity index (χ0) is 25.0. The lowest BCUT2D eigenvalue weighted by Gasteiger charge is -2.18. The Kier molecular flexibility index (Phi) is 6.87. The highest BCUT2D eigenvalue weighted by Crippen LogP contribution is 2.37. The minimum atomic E-state index is -3.97. The summed E-state index contributed by atoms with van der Waals surface area (Å²) in [5.74, 6) is 1.63. The third-order valence-electron chi connectivity index (χ3n) is 5.20. The van der Waals surface area contributed by atoms with Crippen LogP contribution in [0.15, 0.2) is 53.4 Å². The molecule has 0 amide bonds. The maximum absolute atomic E-state index is 13.3. The summed E-state index contributed by atoms with van der Waals surface area (Å²) in [6.45, 7) is 1.55. The van der Waals surface area contributed by atoms with Crippen molar-refractivity contribution in [2.75, 3.05) is 26.1 Å². The number of nitrogens with zero attached hydrogens (tertiary/aromatic N) is 5. The number of aromatic nitrogens is 5. The van der Waals surface area contributed by atoms with Crippen LogP contribution in [-0.4, -0.2) is 59.7 Å². The molecule has 3 heterocycles. The second-order valence-corrected chi connectivity index (χ2v) is 9.44. The maximum Gasteiger partial charge on any atom is 0.243 e. The normalized spacial score (nSPS) is 12.2. The topological polar surface area (TPSA) is 143 Å². The van der Waals surface area contributed by atoms with E-state index in [-0.39, 0.29) is 24.1 Å². The largest absolute Gasteiger partial charge is 0.494 e. The smallest absolute Gasteiger partial charge is 0.243 e. The fourth-order valence-corrected chi connectivity index (χ4v) is 4.42. The Morgan fingerprint density at radius 3 is 2.34 bits per heavy atom. The van der Waals surface area contributed by atoms with E-state index < -0.39 is 15.3 Å². The van der Waals surface area contributed by atoms with Crippen LogP contribution in [0.2, 0.25) is 0 Å². The molecule has 0 unspecified atom stereocenters. The van der Waals surface area contributed by atoms with Gasteiger partial charge < -0.3 is 18.6 Å². The molecule has 0 radical (unpaired) electrons. The highest BCUT2D eigenvalue weighted by molar-refractivity contribution is 7.93. The minimum absolute atomic E-state index is 0.0590. The third kappa shape index (κ3) is 4.75. The lowest BCUT2D eigenvalue weighted by Crippen LogP contribution is -2.29. The number of methoxy groups -OCH3 is 3. The van der Waals surface area contributed by atoms with E-state index in [1.54, 1.807) is 37.3 Å². The Labute approximate surface area is 202 Å². The minimum Gasteiger partial charge on any atom is -0.494 e. The lowest BCUT2D eigenvalue weighted by molar-refractivity contribution is 0.389. The van der Waals surface area contributed by atoms with Crippen molar-refractivity contribution in [1.82, 2.24) is 24.7 Å². The number of ether oxygens (including phenoxy) is 3.